The number of methoxy groups -OCH3 is 1. The number of carbonyl (C=O) groups is 2. The largest absolute Gasteiger partial charge is 0.464 e. The predicted octanol–water partition coefficient (Wildman–Crippen LogP) is 5.26. The quantitative estimate of drug-likeness (QED) is 0.218. The van der Waals surface area contributed by atoms with Gasteiger partial charge in [0.2, 0.25) is 0 Å². The number of alkyl carbamates (subject to hydrolysis) is 1. The molecule has 9 nitrogen and oxygen atoms in total. The fourth-order valence-electron chi connectivity index (χ4n) is 4.61. The molecule has 1 aliphatic rings. The van der Waals surface area contributed by atoms with E-state index in [1.807, 2.05) is 91.0 Å². The first-order valence-electron chi connectivity index (χ1n) is 14.2. The molecule has 3 aromatic carbocycles. The number of ether oxygens (including phenoxy) is 5. The third-order valence-corrected chi connectivity index (χ3v) is 6.57. The van der Waals surface area contributed by atoms with Crippen molar-refractivity contribution in [1.29, 1.82) is 0 Å². The number of benzene rings is 3. The van der Waals surface area contributed by atoms with Crippen LogP contribution in [0.1, 0.15) is 37.5 Å². The first-order chi connectivity index (χ1) is 20.7. The highest BCUT2D eigenvalue weighted by Gasteiger charge is 2.45. The van der Waals surface area contributed by atoms with Gasteiger partial charge in [0.1, 0.15) is 17.8 Å². The molecular weight excluding hydrogens is 548 g/mol. The second-order valence-electron chi connectivity index (χ2n) is 11.1. The molecule has 43 heavy (non-hydrogen) atoms. The van der Waals surface area contributed by atoms with E-state index in [2.05, 4.69) is 10.6 Å². The molecule has 1 saturated heterocycles. The van der Waals surface area contributed by atoms with Gasteiger partial charge < -0.3 is 29.0 Å². The van der Waals surface area contributed by atoms with Gasteiger partial charge in [-0.1, -0.05) is 91.0 Å². The van der Waals surface area contributed by atoms with Gasteiger partial charge >= 0.3 is 12.1 Å². The van der Waals surface area contributed by atoms with Crippen molar-refractivity contribution in [2.24, 2.45) is 0 Å². The molecule has 0 saturated carbocycles. The molecule has 1 heterocycles. The first-order valence-corrected chi connectivity index (χ1v) is 14.2. The van der Waals surface area contributed by atoms with E-state index in [1.165, 1.54) is 7.11 Å². The molecule has 3 atom stereocenters. The minimum absolute atomic E-state index is 0.117. The summed E-state index contributed by atoms with van der Waals surface area (Å²) < 4.78 is 29.6. The molecule has 4 rings (SSSR count). The molecule has 9 heteroatoms. The van der Waals surface area contributed by atoms with E-state index < -0.39 is 35.9 Å². The van der Waals surface area contributed by atoms with Crippen molar-refractivity contribution in [2.45, 2.75) is 64.4 Å². The molecule has 2 N–H and O–H groups in total. The van der Waals surface area contributed by atoms with E-state index in [1.54, 1.807) is 20.8 Å². The minimum Gasteiger partial charge on any atom is -0.464 e. The number of nitrogens with one attached hydrogen (secondary N) is 2. The summed E-state index contributed by atoms with van der Waals surface area (Å²) >= 11 is 0. The maximum atomic E-state index is 13.1. The van der Waals surface area contributed by atoms with Crippen LogP contribution < -0.4 is 10.6 Å². The predicted molar refractivity (Wildman–Crippen MR) is 161 cm³/mol. The summed E-state index contributed by atoms with van der Waals surface area (Å²) in [6.07, 6.45) is -2.16. The zero-order chi connectivity index (χ0) is 30.7. The zero-order valence-corrected chi connectivity index (χ0v) is 25.1. The number of hydrogen-bond donors (Lipinski definition) is 2. The molecule has 0 radical (unpaired) electrons. The Morgan fingerprint density at radius 2 is 1.28 bits per heavy atom. The van der Waals surface area contributed by atoms with Crippen LogP contribution in [-0.2, 0) is 48.3 Å². The topological polar surface area (TPSA) is 104 Å². The second kappa shape index (κ2) is 15.3. The second-order valence-corrected chi connectivity index (χ2v) is 11.1. The van der Waals surface area contributed by atoms with Gasteiger partial charge in [0, 0.05) is 0 Å². The van der Waals surface area contributed by atoms with Crippen LogP contribution in [0.3, 0.4) is 0 Å². The van der Waals surface area contributed by atoms with Crippen LogP contribution in [0.4, 0.5) is 4.79 Å². The first kappa shape index (κ1) is 31.7. The Hall–Kier alpha value is -4.18. The lowest BCUT2D eigenvalue weighted by Gasteiger charge is -2.25. The van der Waals surface area contributed by atoms with Gasteiger partial charge in [-0.3, -0.25) is 5.32 Å². The summed E-state index contributed by atoms with van der Waals surface area (Å²) in [5.41, 5.74) is 2.36. The average Bonchev–Trinajstić information content (AvgIpc) is 3.34. The summed E-state index contributed by atoms with van der Waals surface area (Å²) in [6.45, 7) is 6.39. The Morgan fingerprint density at radius 1 is 0.767 bits per heavy atom. The lowest BCUT2D eigenvalue weighted by Crippen LogP contribution is -2.39. The van der Waals surface area contributed by atoms with Crippen molar-refractivity contribution in [2.75, 3.05) is 13.7 Å². The van der Waals surface area contributed by atoms with E-state index in [4.69, 9.17) is 23.7 Å². The molecule has 3 aromatic rings. The highest BCUT2D eigenvalue weighted by atomic mass is 16.6. The van der Waals surface area contributed by atoms with Crippen molar-refractivity contribution in [3.05, 3.63) is 119 Å². The summed E-state index contributed by atoms with van der Waals surface area (Å²) in [6, 6.07) is 28.9. The van der Waals surface area contributed by atoms with E-state index in [-0.39, 0.29) is 18.9 Å². The van der Waals surface area contributed by atoms with E-state index in [0.717, 1.165) is 16.7 Å². The Morgan fingerprint density at radius 3 is 1.79 bits per heavy atom. The van der Waals surface area contributed by atoms with Gasteiger partial charge in [-0.15, -0.1) is 0 Å². The molecule has 1 amide bonds. The van der Waals surface area contributed by atoms with Crippen molar-refractivity contribution in [1.82, 2.24) is 10.6 Å². The molecule has 0 bridgehead atoms. The molecule has 0 unspecified atom stereocenters. The summed E-state index contributed by atoms with van der Waals surface area (Å²) in [5, 5.41) is 5.96. The van der Waals surface area contributed by atoms with Crippen LogP contribution in [-0.4, -0.2) is 49.6 Å². The third kappa shape index (κ3) is 9.68. The summed E-state index contributed by atoms with van der Waals surface area (Å²) in [4.78, 5) is 25.9. The molecule has 1 aliphatic heterocycles. The maximum Gasteiger partial charge on any atom is 0.412 e. The Kier molecular flexibility index (Phi) is 11.3. The van der Waals surface area contributed by atoms with Gasteiger partial charge in [0.15, 0.2) is 5.70 Å². The van der Waals surface area contributed by atoms with Crippen LogP contribution in [0, 0.1) is 0 Å². The molecule has 0 spiro atoms. The summed E-state index contributed by atoms with van der Waals surface area (Å²) in [7, 11) is 1.25. The third-order valence-electron chi connectivity index (χ3n) is 6.57. The van der Waals surface area contributed by atoms with Crippen molar-refractivity contribution in [3.8, 4) is 0 Å². The number of rotatable bonds is 12. The molecule has 0 aliphatic carbocycles. The van der Waals surface area contributed by atoms with E-state index in [0.29, 0.717) is 18.9 Å². The monoisotopic (exact) mass is 588 g/mol. The smallest absolute Gasteiger partial charge is 0.412 e. The van der Waals surface area contributed by atoms with Crippen LogP contribution >= 0.6 is 0 Å². The number of carbonyl (C=O) groups excluding carboxylic acids is 2. The van der Waals surface area contributed by atoms with Crippen molar-refractivity contribution in [3.63, 3.8) is 0 Å². The molecule has 228 valence electrons. The van der Waals surface area contributed by atoms with Gasteiger partial charge in [-0.2, -0.15) is 0 Å². The SMILES string of the molecule is COC(=O)/C(NC(=O)OC(C)(C)C)=C1\N[C@@H](COCc2ccccc2)[C@@H](OCc2ccccc2)[C@@H]1OCc1ccccc1. The maximum absolute atomic E-state index is 13.1. The van der Waals surface area contributed by atoms with Gasteiger partial charge in [-0.05, 0) is 37.5 Å². The fraction of sp³-hybridized carbons (Fsp3) is 0.353. The Balaban J connectivity index is 1.67. The highest BCUT2D eigenvalue weighted by Crippen LogP contribution is 2.29. The van der Waals surface area contributed by atoms with Crippen molar-refractivity contribution >= 4 is 12.1 Å². The summed E-state index contributed by atoms with van der Waals surface area (Å²) in [5.74, 6) is -0.755. The van der Waals surface area contributed by atoms with Crippen molar-refractivity contribution < 1.29 is 33.3 Å². The molecular formula is C34H40N2O7. The average molecular weight is 589 g/mol. The standard InChI is InChI=1S/C34H40N2O7/c1-34(2,3)43-33(38)36-29(32(37)39-4)28-31(42-22-26-18-12-7-13-19-26)30(41-21-25-16-10-6-11-17-25)27(35-28)23-40-20-24-14-8-5-9-15-24/h5-19,27,30-31,35H,20-23H2,1-4H3,(H,36,38)/b29-28+/t27-,30+,31+/m0/s1. The van der Waals surface area contributed by atoms with Crippen LogP contribution in [0.2, 0.25) is 0 Å². The van der Waals surface area contributed by atoms with E-state index >= 15 is 0 Å². The highest BCUT2D eigenvalue weighted by molar-refractivity contribution is 5.93. The number of esters is 1. The fourth-order valence-corrected chi connectivity index (χ4v) is 4.61. The molecule has 1 fully saturated rings. The Bertz CT molecular complexity index is 1340. The number of hydrogen-bond acceptors (Lipinski definition) is 8. The lowest BCUT2D eigenvalue weighted by molar-refractivity contribution is -0.136. The van der Waals surface area contributed by atoms with Gasteiger partial charge in [0.05, 0.1) is 45.3 Å². The van der Waals surface area contributed by atoms with Crippen LogP contribution in [0.15, 0.2) is 102 Å². The Labute approximate surface area is 253 Å². The van der Waals surface area contributed by atoms with Gasteiger partial charge in [0.25, 0.3) is 0 Å². The van der Waals surface area contributed by atoms with Crippen LogP contribution in [0.25, 0.3) is 0 Å². The zero-order valence-electron chi connectivity index (χ0n) is 25.1. The minimum atomic E-state index is -0.797. The van der Waals surface area contributed by atoms with E-state index in [9.17, 15) is 9.59 Å². The van der Waals surface area contributed by atoms with Gasteiger partial charge in [-0.25, -0.2) is 9.59 Å². The number of amides is 1. The van der Waals surface area contributed by atoms with Crippen LogP contribution in [0.5, 0.6) is 0 Å². The normalized spacial score (nSPS) is 19.3. The molecule has 0 aromatic heterocycles. The lowest BCUT2D eigenvalue weighted by atomic mass is 10.1.